The number of nitrogens with one attached hydrogen (secondary N) is 1. The maximum Gasteiger partial charge on any atom is 0.253 e. The molecule has 0 unspecified atom stereocenters. The molecule has 0 heterocycles. The quantitative estimate of drug-likeness (QED) is 0.774. The van der Waals surface area contributed by atoms with E-state index in [1.165, 1.54) is 12.1 Å². The standard InChI is InChI=1S/C15H25N3O3S/c1-5-18(6-2)15(19)13-7-9-14(10-8-13)22(20,21)16-11-12-17(3)4/h7-10,16H,5-6,11-12H2,1-4H3. The van der Waals surface area contributed by atoms with Crippen LogP contribution in [0.4, 0.5) is 0 Å². The number of rotatable bonds is 8. The molecule has 0 radical (unpaired) electrons. The summed E-state index contributed by atoms with van der Waals surface area (Å²) >= 11 is 0. The molecule has 6 nitrogen and oxygen atoms in total. The lowest BCUT2D eigenvalue weighted by Crippen LogP contribution is -2.32. The van der Waals surface area contributed by atoms with Gasteiger partial charge in [0.2, 0.25) is 10.0 Å². The Morgan fingerprint density at radius 2 is 1.64 bits per heavy atom. The highest BCUT2D eigenvalue weighted by atomic mass is 32.2. The van der Waals surface area contributed by atoms with Crippen LogP contribution < -0.4 is 4.72 Å². The molecule has 0 spiro atoms. The molecule has 0 saturated heterocycles. The molecule has 1 N–H and O–H groups in total. The summed E-state index contributed by atoms with van der Waals surface area (Å²) in [5.74, 6) is -0.0884. The Hall–Kier alpha value is -1.44. The molecule has 0 bridgehead atoms. The van der Waals surface area contributed by atoms with Crippen molar-refractivity contribution in [2.75, 3.05) is 40.3 Å². The molecule has 1 amide bonds. The van der Waals surface area contributed by atoms with Gasteiger partial charge in [-0.3, -0.25) is 4.79 Å². The van der Waals surface area contributed by atoms with Gasteiger partial charge in [0.1, 0.15) is 0 Å². The maximum atomic E-state index is 12.2. The minimum Gasteiger partial charge on any atom is -0.339 e. The summed E-state index contributed by atoms with van der Waals surface area (Å²) in [4.78, 5) is 15.9. The average molecular weight is 327 g/mol. The van der Waals surface area contributed by atoms with Crippen molar-refractivity contribution in [3.63, 3.8) is 0 Å². The van der Waals surface area contributed by atoms with Gasteiger partial charge in [0.05, 0.1) is 4.90 Å². The highest BCUT2D eigenvalue weighted by Gasteiger charge is 2.16. The van der Waals surface area contributed by atoms with E-state index < -0.39 is 10.0 Å². The van der Waals surface area contributed by atoms with E-state index in [2.05, 4.69) is 4.72 Å². The van der Waals surface area contributed by atoms with E-state index in [4.69, 9.17) is 0 Å². The number of hydrogen-bond acceptors (Lipinski definition) is 4. The van der Waals surface area contributed by atoms with Crippen molar-refractivity contribution in [1.82, 2.24) is 14.5 Å². The predicted molar refractivity (Wildman–Crippen MR) is 87.4 cm³/mol. The molecule has 0 aromatic heterocycles. The lowest BCUT2D eigenvalue weighted by atomic mass is 10.2. The summed E-state index contributed by atoms with van der Waals surface area (Å²) in [7, 11) is 0.222. The van der Waals surface area contributed by atoms with Gasteiger partial charge in [-0.25, -0.2) is 13.1 Å². The molecule has 0 fully saturated rings. The zero-order valence-electron chi connectivity index (χ0n) is 13.7. The molecule has 1 aromatic rings. The van der Waals surface area contributed by atoms with Gasteiger partial charge in [0.15, 0.2) is 0 Å². The van der Waals surface area contributed by atoms with E-state index >= 15 is 0 Å². The fourth-order valence-electron chi connectivity index (χ4n) is 1.96. The Morgan fingerprint density at radius 1 is 1.09 bits per heavy atom. The maximum absolute atomic E-state index is 12.2. The second-order valence-electron chi connectivity index (χ2n) is 5.20. The molecular formula is C15H25N3O3S. The predicted octanol–water partition coefficient (Wildman–Crippen LogP) is 1.01. The Kier molecular flexibility index (Phi) is 6.99. The van der Waals surface area contributed by atoms with Gasteiger partial charge in [0, 0.05) is 31.7 Å². The van der Waals surface area contributed by atoms with Gasteiger partial charge in [-0.15, -0.1) is 0 Å². The normalized spacial score (nSPS) is 11.7. The molecule has 22 heavy (non-hydrogen) atoms. The van der Waals surface area contributed by atoms with Crippen LogP contribution >= 0.6 is 0 Å². The summed E-state index contributed by atoms with van der Waals surface area (Å²) in [6.45, 7) is 6.04. The third-order valence-corrected chi connectivity index (χ3v) is 4.79. The topological polar surface area (TPSA) is 69.7 Å². The number of hydrogen-bond donors (Lipinski definition) is 1. The number of likely N-dealkylation sites (N-methyl/N-ethyl adjacent to an activating group) is 1. The second-order valence-corrected chi connectivity index (χ2v) is 6.97. The van der Waals surface area contributed by atoms with Gasteiger partial charge in [0.25, 0.3) is 5.91 Å². The number of sulfonamides is 1. The first-order valence-corrected chi connectivity index (χ1v) is 8.83. The Balaban J connectivity index is 2.81. The summed E-state index contributed by atoms with van der Waals surface area (Å²) in [5, 5.41) is 0. The fraction of sp³-hybridized carbons (Fsp3) is 0.533. The van der Waals surface area contributed by atoms with Crippen LogP contribution in [0.2, 0.25) is 0 Å². The van der Waals surface area contributed by atoms with Crippen LogP contribution in [0.25, 0.3) is 0 Å². The number of carbonyl (C=O) groups is 1. The minimum absolute atomic E-state index is 0.0884. The molecule has 0 aliphatic rings. The molecule has 0 atom stereocenters. The van der Waals surface area contributed by atoms with Gasteiger partial charge < -0.3 is 9.80 Å². The largest absolute Gasteiger partial charge is 0.339 e. The van der Waals surface area contributed by atoms with Gasteiger partial charge in [-0.1, -0.05) is 0 Å². The first-order valence-electron chi connectivity index (χ1n) is 7.35. The van der Waals surface area contributed by atoms with E-state index in [1.54, 1.807) is 17.0 Å². The van der Waals surface area contributed by atoms with Crippen LogP contribution in [-0.4, -0.2) is 64.4 Å². The highest BCUT2D eigenvalue weighted by molar-refractivity contribution is 7.89. The van der Waals surface area contributed by atoms with Crippen LogP contribution in [0.3, 0.4) is 0 Å². The van der Waals surface area contributed by atoms with Crippen molar-refractivity contribution in [1.29, 1.82) is 0 Å². The number of amides is 1. The Morgan fingerprint density at radius 3 is 2.09 bits per heavy atom. The van der Waals surface area contributed by atoms with Crippen LogP contribution in [0.5, 0.6) is 0 Å². The summed E-state index contributed by atoms with van der Waals surface area (Å²) in [6, 6.07) is 6.05. The van der Waals surface area contributed by atoms with Crippen LogP contribution in [0, 0.1) is 0 Å². The molecule has 1 rings (SSSR count). The molecule has 1 aromatic carbocycles. The lowest BCUT2D eigenvalue weighted by molar-refractivity contribution is 0.0773. The van der Waals surface area contributed by atoms with Crippen molar-refractivity contribution in [2.24, 2.45) is 0 Å². The Labute approximate surface area is 133 Å². The molecule has 0 saturated carbocycles. The van der Waals surface area contributed by atoms with Gasteiger partial charge >= 0.3 is 0 Å². The van der Waals surface area contributed by atoms with Crippen LogP contribution in [0.15, 0.2) is 29.2 Å². The monoisotopic (exact) mass is 327 g/mol. The minimum atomic E-state index is -3.53. The lowest BCUT2D eigenvalue weighted by Gasteiger charge is -2.18. The van der Waals surface area contributed by atoms with Crippen molar-refractivity contribution >= 4 is 15.9 Å². The van der Waals surface area contributed by atoms with Crippen molar-refractivity contribution in [2.45, 2.75) is 18.7 Å². The smallest absolute Gasteiger partial charge is 0.253 e. The molecular weight excluding hydrogens is 302 g/mol. The summed E-state index contributed by atoms with van der Waals surface area (Å²) in [5.41, 5.74) is 0.496. The SMILES string of the molecule is CCN(CC)C(=O)c1ccc(S(=O)(=O)NCCN(C)C)cc1. The Bertz CT molecular complexity index is 579. The fourth-order valence-corrected chi connectivity index (χ4v) is 2.98. The average Bonchev–Trinajstić information content (AvgIpc) is 2.48. The third kappa shape index (κ3) is 5.08. The molecule has 0 aliphatic carbocycles. The van der Waals surface area contributed by atoms with E-state index in [-0.39, 0.29) is 10.8 Å². The summed E-state index contributed by atoms with van der Waals surface area (Å²) < 4.78 is 26.8. The highest BCUT2D eigenvalue weighted by Crippen LogP contribution is 2.12. The van der Waals surface area contributed by atoms with Crippen LogP contribution in [-0.2, 0) is 10.0 Å². The second kappa shape index (κ2) is 8.26. The van der Waals surface area contributed by atoms with E-state index in [0.717, 1.165) is 0 Å². The molecule has 7 heteroatoms. The zero-order valence-corrected chi connectivity index (χ0v) is 14.5. The van der Waals surface area contributed by atoms with Crippen molar-refractivity contribution < 1.29 is 13.2 Å². The van der Waals surface area contributed by atoms with Crippen molar-refractivity contribution in [3.05, 3.63) is 29.8 Å². The van der Waals surface area contributed by atoms with E-state index in [9.17, 15) is 13.2 Å². The first-order chi connectivity index (χ1) is 10.3. The zero-order chi connectivity index (χ0) is 16.8. The number of nitrogens with zero attached hydrogens (tertiary/aromatic N) is 2. The van der Waals surface area contributed by atoms with Crippen LogP contribution in [0.1, 0.15) is 24.2 Å². The third-order valence-electron chi connectivity index (χ3n) is 3.31. The van der Waals surface area contributed by atoms with E-state index in [1.807, 2.05) is 32.8 Å². The van der Waals surface area contributed by atoms with Gasteiger partial charge in [-0.2, -0.15) is 0 Å². The van der Waals surface area contributed by atoms with Crippen molar-refractivity contribution in [3.8, 4) is 0 Å². The number of carbonyl (C=O) groups excluding carboxylic acids is 1. The number of benzene rings is 1. The van der Waals surface area contributed by atoms with E-state index in [0.29, 0.717) is 31.7 Å². The van der Waals surface area contributed by atoms with Gasteiger partial charge in [-0.05, 0) is 52.2 Å². The molecule has 124 valence electrons. The molecule has 0 aliphatic heterocycles. The first kappa shape index (κ1) is 18.6. The summed E-state index contributed by atoms with van der Waals surface area (Å²) in [6.07, 6.45) is 0.